The molecule has 0 bridgehead atoms. The molecule has 0 fully saturated rings. The first-order valence-electron chi connectivity index (χ1n) is 4.42. The molecule has 1 aromatic carbocycles. The molecule has 0 aromatic heterocycles. The molecular formula is C11H13ClO. The van der Waals surface area contributed by atoms with Gasteiger partial charge >= 0.3 is 0 Å². The van der Waals surface area contributed by atoms with E-state index in [1.165, 1.54) is 5.56 Å². The van der Waals surface area contributed by atoms with Crippen molar-refractivity contribution in [1.29, 1.82) is 0 Å². The van der Waals surface area contributed by atoms with E-state index in [1.54, 1.807) is 6.92 Å². The smallest absolute Gasteiger partial charge is 0.180 e. The first-order valence-corrected chi connectivity index (χ1v) is 4.86. The summed E-state index contributed by atoms with van der Waals surface area (Å²) >= 11 is 5.69. The van der Waals surface area contributed by atoms with Crippen LogP contribution in [0.1, 0.15) is 29.8 Å². The van der Waals surface area contributed by atoms with Crippen molar-refractivity contribution in [3.8, 4) is 0 Å². The van der Waals surface area contributed by atoms with Crippen molar-refractivity contribution in [3.63, 3.8) is 0 Å². The van der Waals surface area contributed by atoms with Crippen molar-refractivity contribution < 1.29 is 4.79 Å². The van der Waals surface area contributed by atoms with Gasteiger partial charge in [-0.05, 0) is 18.9 Å². The maximum Gasteiger partial charge on any atom is 0.180 e. The Hall–Kier alpha value is -0.820. The maximum absolute atomic E-state index is 11.4. The van der Waals surface area contributed by atoms with Gasteiger partial charge in [0.15, 0.2) is 5.78 Å². The molecule has 0 saturated heterocycles. The second-order valence-electron chi connectivity index (χ2n) is 3.03. The van der Waals surface area contributed by atoms with Gasteiger partial charge in [-0.25, -0.2) is 0 Å². The number of hydrogen-bond donors (Lipinski definition) is 0. The van der Waals surface area contributed by atoms with Crippen LogP contribution in [-0.2, 0) is 6.42 Å². The summed E-state index contributed by atoms with van der Waals surface area (Å²) in [7, 11) is 0. The normalized spacial score (nSPS) is 12.5. The highest BCUT2D eigenvalue weighted by Crippen LogP contribution is 2.10. The molecule has 0 amide bonds. The number of carbonyl (C=O) groups excluding carboxylic acids is 1. The predicted octanol–water partition coefficient (Wildman–Crippen LogP) is 3.06. The van der Waals surface area contributed by atoms with E-state index in [1.807, 2.05) is 24.3 Å². The van der Waals surface area contributed by atoms with Crippen LogP contribution in [0.15, 0.2) is 24.3 Å². The zero-order valence-corrected chi connectivity index (χ0v) is 8.64. The Bertz CT molecular complexity index is 287. The molecular weight excluding hydrogens is 184 g/mol. The summed E-state index contributed by atoms with van der Waals surface area (Å²) in [5, 5.41) is -0.438. The largest absolute Gasteiger partial charge is 0.293 e. The summed E-state index contributed by atoms with van der Waals surface area (Å²) in [5.74, 6) is -0.00989. The number of alkyl halides is 1. The number of rotatable bonds is 3. The highest BCUT2D eigenvalue weighted by atomic mass is 35.5. The average Bonchev–Trinajstić information content (AvgIpc) is 2.17. The van der Waals surface area contributed by atoms with Crippen LogP contribution < -0.4 is 0 Å². The molecule has 0 N–H and O–H groups in total. The Morgan fingerprint density at radius 1 is 1.38 bits per heavy atom. The van der Waals surface area contributed by atoms with Crippen LogP contribution in [0.25, 0.3) is 0 Å². The van der Waals surface area contributed by atoms with Gasteiger partial charge in [-0.15, -0.1) is 11.6 Å². The molecule has 1 atom stereocenters. The predicted molar refractivity (Wildman–Crippen MR) is 55.5 cm³/mol. The quantitative estimate of drug-likeness (QED) is 0.537. The lowest BCUT2D eigenvalue weighted by molar-refractivity contribution is 0.0992. The number of ketones is 1. The third kappa shape index (κ3) is 2.56. The lowest BCUT2D eigenvalue weighted by Crippen LogP contribution is -2.10. The topological polar surface area (TPSA) is 17.1 Å². The van der Waals surface area contributed by atoms with E-state index < -0.39 is 5.38 Å². The fraction of sp³-hybridized carbons (Fsp3) is 0.364. The van der Waals surface area contributed by atoms with Crippen molar-refractivity contribution in [3.05, 3.63) is 35.4 Å². The van der Waals surface area contributed by atoms with Crippen LogP contribution in [0.5, 0.6) is 0 Å². The van der Waals surface area contributed by atoms with Crippen LogP contribution in [-0.4, -0.2) is 11.2 Å². The number of aryl methyl sites for hydroxylation is 1. The molecule has 1 aromatic rings. The minimum atomic E-state index is -0.438. The minimum absolute atomic E-state index is 0.00989. The van der Waals surface area contributed by atoms with Crippen LogP contribution in [0.2, 0.25) is 0 Å². The Morgan fingerprint density at radius 2 is 1.92 bits per heavy atom. The number of Topliss-reactive ketones (excluding diaryl/α,β-unsaturated/α-hetero) is 1. The third-order valence-corrected chi connectivity index (χ3v) is 2.21. The molecule has 0 unspecified atom stereocenters. The zero-order chi connectivity index (χ0) is 9.84. The second kappa shape index (κ2) is 4.43. The van der Waals surface area contributed by atoms with Crippen molar-refractivity contribution in [2.24, 2.45) is 0 Å². The lowest BCUT2D eigenvalue weighted by atomic mass is 10.1. The molecule has 0 radical (unpaired) electrons. The van der Waals surface area contributed by atoms with Gasteiger partial charge in [0.25, 0.3) is 0 Å². The Kier molecular flexibility index (Phi) is 3.49. The first-order chi connectivity index (χ1) is 6.15. The van der Waals surface area contributed by atoms with Crippen molar-refractivity contribution >= 4 is 17.4 Å². The molecule has 1 rings (SSSR count). The van der Waals surface area contributed by atoms with E-state index in [4.69, 9.17) is 11.6 Å². The Labute approximate surface area is 83.7 Å². The van der Waals surface area contributed by atoms with E-state index in [0.29, 0.717) is 5.56 Å². The summed E-state index contributed by atoms with van der Waals surface area (Å²) < 4.78 is 0. The molecule has 0 heterocycles. The van der Waals surface area contributed by atoms with Gasteiger partial charge in [-0.3, -0.25) is 4.79 Å². The molecule has 1 nitrogen and oxygen atoms in total. The summed E-state index contributed by atoms with van der Waals surface area (Å²) in [6.07, 6.45) is 0.991. The molecule has 0 aliphatic carbocycles. The van der Waals surface area contributed by atoms with Gasteiger partial charge in [0.1, 0.15) is 0 Å². The second-order valence-corrected chi connectivity index (χ2v) is 3.69. The Balaban J connectivity index is 2.86. The van der Waals surface area contributed by atoms with E-state index in [-0.39, 0.29) is 5.78 Å². The van der Waals surface area contributed by atoms with Gasteiger partial charge in [-0.2, -0.15) is 0 Å². The van der Waals surface area contributed by atoms with Gasteiger partial charge in [-0.1, -0.05) is 31.2 Å². The van der Waals surface area contributed by atoms with Crippen molar-refractivity contribution in [2.45, 2.75) is 25.6 Å². The summed E-state index contributed by atoms with van der Waals surface area (Å²) in [4.78, 5) is 11.4. The van der Waals surface area contributed by atoms with Gasteiger partial charge in [0.05, 0.1) is 5.38 Å². The molecule has 70 valence electrons. The van der Waals surface area contributed by atoms with Crippen LogP contribution in [0, 0.1) is 0 Å². The highest BCUT2D eigenvalue weighted by molar-refractivity contribution is 6.33. The molecule has 0 aliphatic heterocycles. The summed E-state index contributed by atoms with van der Waals surface area (Å²) in [5.41, 5.74) is 1.93. The van der Waals surface area contributed by atoms with E-state index in [9.17, 15) is 4.79 Å². The maximum atomic E-state index is 11.4. The van der Waals surface area contributed by atoms with Gasteiger partial charge < -0.3 is 0 Å². The molecule has 0 saturated carbocycles. The number of carbonyl (C=O) groups is 1. The zero-order valence-electron chi connectivity index (χ0n) is 7.88. The molecule has 2 heteroatoms. The van der Waals surface area contributed by atoms with Gasteiger partial charge in [0, 0.05) is 5.56 Å². The molecule has 0 aliphatic rings. The minimum Gasteiger partial charge on any atom is -0.293 e. The third-order valence-electron chi connectivity index (χ3n) is 2.01. The van der Waals surface area contributed by atoms with E-state index >= 15 is 0 Å². The fourth-order valence-corrected chi connectivity index (χ4v) is 1.26. The first kappa shape index (κ1) is 10.3. The van der Waals surface area contributed by atoms with Crippen molar-refractivity contribution in [2.75, 3.05) is 0 Å². The monoisotopic (exact) mass is 196 g/mol. The van der Waals surface area contributed by atoms with Crippen LogP contribution in [0.3, 0.4) is 0 Å². The van der Waals surface area contributed by atoms with Crippen LogP contribution >= 0.6 is 11.6 Å². The van der Waals surface area contributed by atoms with E-state index in [0.717, 1.165) is 6.42 Å². The number of benzene rings is 1. The SMILES string of the molecule is CCc1ccc(C(=O)[C@H](C)Cl)cc1. The van der Waals surface area contributed by atoms with Gasteiger partial charge in [0.2, 0.25) is 0 Å². The van der Waals surface area contributed by atoms with Crippen molar-refractivity contribution in [1.82, 2.24) is 0 Å². The number of halogens is 1. The van der Waals surface area contributed by atoms with E-state index in [2.05, 4.69) is 6.92 Å². The average molecular weight is 197 g/mol. The fourth-order valence-electron chi connectivity index (χ4n) is 1.13. The summed E-state index contributed by atoms with van der Waals surface area (Å²) in [6, 6.07) is 7.60. The Morgan fingerprint density at radius 3 is 2.31 bits per heavy atom. The summed E-state index contributed by atoms with van der Waals surface area (Å²) in [6.45, 7) is 3.78. The molecule has 0 spiro atoms. The number of hydrogen-bond acceptors (Lipinski definition) is 1. The van der Waals surface area contributed by atoms with Crippen LogP contribution in [0.4, 0.5) is 0 Å². The highest BCUT2D eigenvalue weighted by Gasteiger charge is 2.11. The molecule has 13 heavy (non-hydrogen) atoms. The standard InChI is InChI=1S/C11H13ClO/c1-3-9-4-6-10(7-5-9)11(13)8(2)12/h4-8H,3H2,1-2H3/t8-/m0/s1. The lowest BCUT2D eigenvalue weighted by Gasteiger charge is -2.03.